The zero-order chi connectivity index (χ0) is 15.8. The van der Waals surface area contributed by atoms with Gasteiger partial charge in [0.1, 0.15) is 5.75 Å². The Hall–Kier alpha value is -3.17. The van der Waals surface area contributed by atoms with Crippen LogP contribution in [-0.4, -0.2) is 20.2 Å². The molecule has 0 aliphatic carbocycles. The third-order valence-electron chi connectivity index (χ3n) is 2.87. The van der Waals surface area contributed by atoms with E-state index in [1.807, 2.05) is 24.3 Å². The average Bonchev–Trinajstić information content (AvgIpc) is 2.59. The van der Waals surface area contributed by atoms with Crippen LogP contribution in [0.3, 0.4) is 0 Å². The molecule has 0 fully saturated rings. The van der Waals surface area contributed by atoms with E-state index in [0.29, 0.717) is 5.56 Å². The van der Waals surface area contributed by atoms with Gasteiger partial charge in [0.2, 0.25) is 0 Å². The topological polar surface area (TPSA) is 35.5 Å². The van der Waals surface area contributed by atoms with E-state index in [4.69, 9.17) is 4.74 Å². The summed E-state index contributed by atoms with van der Waals surface area (Å²) >= 11 is 0. The molecule has 22 heavy (non-hydrogen) atoms. The molecule has 2 aromatic carbocycles. The molecule has 0 aromatic heterocycles. The smallest absolute Gasteiger partial charge is 0.337 e. The maximum atomic E-state index is 11.3. The minimum absolute atomic E-state index is 0.362. The molecule has 3 heteroatoms. The van der Waals surface area contributed by atoms with Crippen LogP contribution in [0.25, 0.3) is 0 Å². The van der Waals surface area contributed by atoms with Crippen molar-refractivity contribution in [2.75, 3.05) is 14.2 Å². The van der Waals surface area contributed by atoms with E-state index in [-0.39, 0.29) is 5.97 Å². The number of methoxy groups -OCH3 is 2. The molecule has 0 radical (unpaired) electrons. The fourth-order valence-corrected chi connectivity index (χ4v) is 1.69. The predicted molar refractivity (Wildman–Crippen MR) is 84.5 cm³/mol. The number of ether oxygens (including phenoxy) is 2. The van der Waals surface area contributed by atoms with E-state index in [9.17, 15) is 4.79 Å². The molecule has 0 spiro atoms. The first-order valence-electron chi connectivity index (χ1n) is 6.57. The molecule has 108 valence electrons. The van der Waals surface area contributed by atoms with Crippen LogP contribution in [0.1, 0.15) is 21.5 Å². The molecule has 0 heterocycles. The SMILES string of the molecule is COC(=O)c1ccc(C#CC#Cc2ccc(OC)cc2)cc1. The van der Waals surface area contributed by atoms with Crippen LogP contribution < -0.4 is 4.74 Å². The summed E-state index contributed by atoms with van der Waals surface area (Å²) in [6.45, 7) is 0. The summed E-state index contributed by atoms with van der Waals surface area (Å²) in [6, 6.07) is 14.3. The maximum absolute atomic E-state index is 11.3. The Bertz CT molecular complexity index is 764. The highest BCUT2D eigenvalue weighted by molar-refractivity contribution is 5.89. The first-order chi connectivity index (χ1) is 10.7. The van der Waals surface area contributed by atoms with Crippen molar-refractivity contribution >= 4 is 5.97 Å². The normalized spacial score (nSPS) is 8.82. The van der Waals surface area contributed by atoms with Gasteiger partial charge in [-0.25, -0.2) is 4.79 Å². The molecule has 0 aliphatic rings. The zero-order valence-corrected chi connectivity index (χ0v) is 12.3. The van der Waals surface area contributed by atoms with Crippen molar-refractivity contribution in [2.45, 2.75) is 0 Å². The summed E-state index contributed by atoms with van der Waals surface area (Å²) in [5.41, 5.74) is 2.16. The lowest BCUT2D eigenvalue weighted by atomic mass is 10.1. The van der Waals surface area contributed by atoms with E-state index in [1.165, 1.54) is 7.11 Å². The van der Waals surface area contributed by atoms with Gasteiger partial charge in [0.25, 0.3) is 0 Å². The third kappa shape index (κ3) is 4.16. The largest absolute Gasteiger partial charge is 0.497 e. The van der Waals surface area contributed by atoms with Crippen LogP contribution in [0.5, 0.6) is 5.75 Å². The molecule has 0 bridgehead atoms. The van der Waals surface area contributed by atoms with Crippen LogP contribution in [0, 0.1) is 23.7 Å². The summed E-state index contributed by atoms with van der Waals surface area (Å²) in [6.07, 6.45) is 0. The van der Waals surface area contributed by atoms with Gasteiger partial charge in [-0.15, -0.1) is 0 Å². The minimum atomic E-state index is -0.362. The van der Waals surface area contributed by atoms with Crippen molar-refractivity contribution < 1.29 is 14.3 Å². The summed E-state index contributed by atoms with van der Waals surface area (Å²) in [7, 11) is 2.97. The average molecular weight is 290 g/mol. The quantitative estimate of drug-likeness (QED) is 0.630. The number of carbonyl (C=O) groups is 1. The highest BCUT2D eigenvalue weighted by atomic mass is 16.5. The molecular formula is C19H14O3. The van der Waals surface area contributed by atoms with Gasteiger partial charge in [0.05, 0.1) is 19.8 Å². The van der Waals surface area contributed by atoms with E-state index < -0.39 is 0 Å². The Kier molecular flexibility index (Phi) is 5.24. The Morgan fingerprint density at radius 2 is 1.32 bits per heavy atom. The molecule has 0 saturated heterocycles. The molecule has 3 nitrogen and oxygen atoms in total. The fraction of sp³-hybridized carbons (Fsp3) is 0.105. The molecule has 0 aliphatic heterocycles. The van der Waals surface area contributed by atoms with Gasteiger partial charge in [0.15, 0.2) is 0 Å². The van der Waals surface area contributed by atoms with Gasteiger partial charge in [-0.3, -0.25) is 0 Å². The second kappa shape index (κ2) is 7.57. The Balaban J connectivity index is 2.04. The van der Waals surface area contributed by atoms with Gasteiger partial charge in [-0.05, 0) is 60.4 Å². The molecule has 0 N–H and O–H groups in total. The molecule has 2 rings (SSSR count). The Morgan fingerprint density at radius 1 is 0.818 bits per heavy atom. The third-order valence-corrected chi connectivity index (χ3v) is 2.87. The first-order valence-corrected chi connectivity index (χ1v) is 6.57. The van der Waals surface area contributed by atoms with Gasteiger partial charge < -0.3 is 9.47 Å². The van der Waals surface area contributed by atoms with Crippen molar-refractivity contribution in [1.82, 2.24) is 0 Å². The number of hydrogen-bond acceptors (Lipinski definition) is 3. The Morgan fingerprint density at radius 3 is 1.77 bits per heavy atom. The molecule has 0 amide bonds. The molecule has 0 atom stereocenters. The van der Waals surface area contributed by atoms with Crippen molar-refractivity contribution in [3.05, 3.63) is 65.2 Å². The summed E-state index contributed by atoms with van der Waals surface area (Å²) < 4.78 is 9.71. The van der Waals surface area contributed by atoms with Crippen LogP contribution in [0.4, 0.5) is 0 Å². The number of carbonyl (C=O) groups excluding carboxylic acids is 1. The predicted octanol–water partition coefficient (Wildman–Crippen LogP) is 2.89. The van der Waals surface area contributed by atoms with E-state index in [0.717, 1.165) is 16.9 Å². The van der Waals surface area contributed by atoms with E-state index >= 15 is 0 Å². The standard InChI is InChI=1S/C19H14O3/c1-21-18-13-9-16(10-14-18)6-4-3-5-15-7-11-17(12-8-15)19(20)22-2/h7-14H,1-2H3. The molecule has 0 saturated carbocycles. The van der Waals surface area contributed by atoms with E-state index in [1.54, 1.807) is 31.4 Å². The highest BCUT2D eigenvalue weighted by Crippen LogP contribution is 2.10. The Labute approximate surface area is 129 Å². The van der Waals surface area contributed by atoms with Gasteiger partial charge in [-0.2, -0.15) is 0 Å². The van der Waals surface area contributed by atoms with Crippen LogP contribution >= 0.6 is 0 Å². The van der Waals surface area contributed by atoms with Crippen LogP contribution in [-0.2, 0) is 4.74 Å². The lowest BCUT2D eigenvalue weighted by Crippen LogP contribution is -2.00. The van der Waals surface area contributed by atoms with Crippen molar-refractivity contribution in [3.63, 3.8) is 0 Å². The second-order valence-corrected chi connectivity index (χ2v) is 4.30. The van der Waals surface area contributed by atoms with E-state index in [2.05, 4.69) is 28.4 Å². The molecule has 0 unspecified atom stereocenters. The lowest BCUT2D eigenvalue weighted by molar-refractivity contribution is 0.0600. The number of hydrogen-bond donors (Lipinski definition) is 0. The second-order valence-electron chi connectivity index (χ2n) is 4.30. The zero-order valence-electron chi connectivity index (χ0n) is 12.3. The molecule has 2 aromatic rings. The molecular weight excluding hydrogens is 276 g/mol. The maximum Gasteiger partial charge on any atom is 0.337 e. The first kappa shape index (κ1) is 15.2. The number of esters is 1. The van der Waals surface area contributed by atoms with Gasteiger partial charge >= 0.3 is 5.97 Å². The van der Waals surface area contributed by atoms with Crippen molar-refractivity contribution in [3.8, 4) is 29.4 Å². The van der Waals surface area contributed by atoms with Gasteiger partial charge in [0, 0.05) is 11.1 Å². The summed E-state index contributed by atoms with van der Waals surface area (Å²) in [4.78, 5) is 11.3. The van der Waals surface area contributed by atoms with Crippen LogP contribution in [0.15, 0.2) is 48.5 Å². The number of rotatable bonds is 2. The summed E-state index contributed by atoms with van der Waals surface area (Å²) in [5, 5.41) is 0. The summed E-state index contributed by atoms with van der Waals surface area (Å²) in [5.74, 6) is 11.9. The van der Waals surface area contributed by atoms with Crippen molar-refractivity contribution in [2.24, 2.45) is 0 Å². The van der Waals surface area contributed by atoms with Crippen LogP contribution in [0.2, 0.25) is 0 Å². The fourth-order valence-electron chi connectivity index (χ4n) is 1.69. The number of benzene rings is 2. The van der Waals surface area contributed by atoms with Gasteiger partial charge in [-0.1, -0.05) is 11.8 Å². The lowest BCUT2D eigenvalue weighted by Gasteiger charge is -1.97. The minimum Gasteiger partial charge on any atom is -0.497 e. The monoisotopic (exact) mass is 290 g/mol. The van der Waals surface area contributed by atoms with Crippen molar-refractivity contribution in [1.29, 1.82) is 0 Å². The highest BCUT2D eigenvalue weighted by Gasteiger charge is 2.02.